The number of methoxy groups -OCH3 is 1. The summed E-state index contributed by atoms with van der Waals surface area (Å²) in [6.45, 7) is 2.05. The maximum absolute atomic E-state index is 13.1. The van der Waals surface area contributed by atoms with E-state index in [9.17, 15) is 9.59 Å². The highest BCUT2D eigenvalue weighted by Crippen LogP contribution is 2.27. The number of rotatable bonds is 10. The molecule has 2 aromatic carbocycles. The Morgan fingerprint density at radius 3 is 2.30 bits per heavy atom. The molecule has 0 aliphatic carbocycles. The van der Waals surface area contributed by atoms with Crippen molar-refractivity contribution < 1.29 is 14.3 Å². The Hall–Kier alpha value is -1.89. The van der Waals surface area contributed by atoms with E-state index in [2.05, 4.69) is 5.32 Å². The summed E-state index contributed by atoms with van der Waals surface area (Å²) in [6, 6.07) is 12.3. The Bertz CT molecular complexity index is 842. The first-order valence-electron chi connectivity index (χ1n) is 9.55. The number of carbonyl (C=O) groups excluding carboxylic acids is 2. The van der Waals surface area contributed by atoms with Crippen LogP contribution in [0.15, 0.2) is 42.5 Å². The lowest BCUT2D eigenvalue weighted by Gasteiger charge is -2.30. The number of likely N-dealkylation sites (N-methyl/N-ethyl adjacent to an activating group) is 1. The first-order valence-corrected chi connectivity index (χ1v) is 11.5. The van der Waals surface area contributed by atoms with Crippen molar-refractivity contribution in [2.75, 3.05) is 19.9 Å². The van der Waals surface area contributed by atoms with Gasteiger partial charge in [0, 0.05) is 35.0 Å². The fraction of sp³-hybridized carbons (Fsp3) is 0.364. The van der Waals surface area contributed by atoms with Gasteiger partial charge in [-0.25, -0.2) is 0 Å². The van der Waals surface area contributed by atoms with Gasteiger partial charge in [0.25, 0.3) is 0 Å². The van der Waals surface area contributed by atoms with E-state index in [0.717, 1.165) is 11.3 Å². The van der Waals surface area contributed by atoms with Gasteiger partial charge in [-0.05, 0) is 36.2 Å². The second kappa shape index (κ2) is 12.1. The van der Waals surface area contributed by atoms with Gasteiger partial charge in [0.1, 0.15) is 11.8 Å². The molecule has 1 atom stereocenters. The number of ether oxygens (including phenoxy) is 1. The number of carbonyl (C=O) groups is 2. The maximum atomic E-state index is 13.1. The van der Waals surface area contributed by atoms with Crippen molar-refractivity contribution in [3.8, 4) is 5.75 Å². The van der Waals surface area contributed by atoms with E-state index in [0.29, 0.717) is 27.8 Å². The second-order valence-corrected chi connectivity index (χ2v) is 8.40. The Morgan fingerprint density at radius 1 is 1.13 bits per heavy atom. The largest absolute Gasteiger partial charge is 0.497 e. The van der Waals surface area contributed by atoms with E-state index < -0.39 is 6.04 Å². The van der Waals surface area contributed by atoms with Gasteiger partial charge in [0.15, 0.2) is 0 Å². The molecule has 5 nitrogen and oxygen atoms in total. The lowest BCUT2D eigenvalue weighted by Crippen LogP contribution is -2.48. The van der Waals surface area contributed by atoms with E-state index in [1.165, 1.54) is 11.8 Å². The molecule has 0 spiro atoms. The van der Waals surface area contributed by atoms with Crippen molar-refractivity contribution in [2.24, 2.45) is 0 Å². The Kier molecular flexibility index (Phi) is 9.82. The molecule has 0 radical (unpaired) electrons. The third-order valence-electron chi connectivity index (χ3n) is 4.68. The molecule has 2 aromatic rings. The summed E-state index contributed by atoms with van der Waals surface area (Å²) in [5.41, 5.74) is 1.73. The van der Waals surface area contributed by atoms with Crippen LogP contribution in [0.3, 0.4) is 0 Å². The minimum absolute atomic E-state index is 0.139. The van der Waals surface area contributed by atoms with Crippen molar-refractivity contribution in [3.63, 3.8) is 0 Å². The van der Waals surface area contributed by atoms with Crippen LogP contribution >= 0.6 is 35.0 Å². The van der Waals surface area contributed by atoms with Crippen LogP contribution in [0.1, 0.15) is 24.5 Å². The van der Waals surface area contributed by atoms with Crippen LogP contribution in [0, 0.1) is 0 Å². The fourth-order valence-electron chi connectivity index (χ4n) is 3.00. The summed E-state index contributed by atoms with van der Waals surface area (Å²) >= 11 is 14.1. The lowest BCUT2D eigenvalue weighted by atomic mass is 10.1. The first-order chi connectivity index (χ1) is 14.4. The van der Waals surface area contributed by atoms with Crippen molar-refractivity contribution in [2.45, 2.75) is 31.7 Å². The molecule has 1 N–H and O–H groups in total. The number of hydrogen-bond acceptors (Lipinski definition) is 4. The third-order valence-corrected chi connectivity index (χ3v) is 6.37. The van der Waals surface area contributed by atoms with Gasteiger partial charge < -0.3 is 15.0 Å². The van der Waals surface area contributed by atoms with Crippen LogP contribution in [0.5, 0.6) is 5.75 Å². The van der Waals surface area contributed by atoms with Crippen molar-refractivity contribution in [1.29, 1.82) is 0 Å². The van der Waals surface area contributed by atoms with E-state index in [1.54, 1.807) is 37.3 Å². The predicted octanol–water partition coefficient (Wildman–Crippen LogP) is 4.79. The molecule has 0 aliphatic heterocycles. The van der Waals surface area contributed by atoms with Gasteiger partial charge in [0.05, 0.1) is 12.9 Å². The Balaban J connectivity index is 2.13. The van der Waals surface area contributed by atoms with Crippen LogP contribution in [0.25, 0.3) is 0 Å². The van der Waals surface area contributed by atoms with Crippen molar-refractivity contribution in [3.05, 3.63) is 63.6 Å². The summed E-state index contributed by atoms with van der Waals surface area (Å²) in [6.07, 6.45) is 0.483. The summed E-state index contributed by atoms with van der Waals surface area (Å²) in [5, 5.41) is 3.58. The SMILES string of the molecule is CCC(C(=O)NC)N(Cc1c(Cl)cccc1Cl)C(=O)CSCc1ccc(OC)cc1. The number of nitrogens with one attached hydrogen (secondary N) is 1. The molecule has 0 saturated carbocycles. The molecule has 0 aromatic heterocycles. The molecule has 0 aliphatic rings. The summed E-state index contributed by atoms with van der Waals surface area (Å²) in [5.74, 6) is 1.35. The first kappa shape index (κ1) is 24.4. The molecular weight excluding hydrogens is 443 g/mol. The lowest BCUT2D eigenvalue weighted by molar-refractivity contribution is -0.139. The standard InChI is InChI=1S/C22H26Cl2N2O3S/c1-4-20(22(28)25-2)26(12-17-18(23)6-5-7-19(17)24)21(27)14-30-13-15-8-10-16(29-3)11-9-15/h5-11,20H,4,12-14H2,1-3H3,(H,25,28). The number of benzene rings is 2. The maximum Gasteiger partial charge on any atom is 0.242 e. The molecule has 0 bridgehead atoms. The van der Waals surface area contributed by atoms with Gasteiger partial charge >= 0.3 is 0 Å². The van der Waals surface area contributed by atoms with E-state index >= 15 is 0 Å². The zero-order valence-electron chi connectivity index (χ0n) is 17.3. The molecule has 1 unspecified atom stereocenters. The number of thioether (sulfide) groups is 1. The van der Waals surface area contributed by atoms with E-state index in [4.69, 9.17) is 27.9 Å². The van der Waals surface area contributed by atoms with Crippen molar-refractivity contribution in [1.82, 2.24) is 10.2 Å². The van der Waals surface area contributed by atoms with Crippen LogP contribution in [0.4, 0.5) is 0 Å². The minimum Gasteiger partial charge on any atom is -0.497 e. The molecule has 8 heteroatoms. The molecule has 0 saturated heterocycles. The van der Waals surface area contributed by atoms with E-state index in [1.807, 2.05) is 31.2 Å². The highest BCUT2D eigenvalue weighted by atomic mass is 35.5. The summed E-state index contributed by atoms with van der Waals surface area (Å²) in [4.78, 5) is 27.1. The van der Waals surface area contributed by atoms with E-state index in [-0.39, 0.29) is 24.1 Å². The van der Waals surface area contributed by atoms with Crippen LogP contribution in [0.2, 0.25) is 10.0 Å². The number of halogens is 2. The normalized spacial score (nSPS) is 11.6. The molecular formula is C22H26Cl2N2O3S. The summed E-state index contributed by atoms with van der Waals surface area (Å²) < 4.78 is 5.16. The third kappa shape index (κ3) is 6.56. The average Bonchev–Trinajstić information content (AvgIpc) is 2.75. The fourth-order valence-corrected chi connectivity index (χ4v) is 4.39. The zero-order valence-corrected chi connectivity index (χ0v) is 19.6. The monoisotopic (exact) mass is 468 g/mol. The Morgan fingerprint density at radius 2 is 1.77 bits per heavy atom. The molecule has 2 rings (SSSR count). The molecule has 30 heavy (non-hydrogen) atoms. The quantitative estimate of drug-likeness (QED) is 0.544. The van der Waals surface area contributed by atoms with Crippen LogP contribution in [-0.4, -0.2) is 42.7 Å². The van der Waals surface area contributed by atoms with Gasteiger partial charge in [-0.15, -0.1) is 11.8 Å². The van der Waals surface area contributed by atoms with Gasteiger partial charge in [0.2, 0.25) is 11.8 Å². The smallest absolute Gasteiger partial charge is 0.242 e. The predicted molar refractivity (Wildman–Crippen MR) is 124 cm³/mol. The topological polar surface area (TPSA) is 58.6 Å². The van der Waals surface area contributed by atoms with Gasteiger partial charge in [-0.1, -0.05) is 48.3 Å². The summed E-state index contributed by atoms with van der Waals surface area (Å²) in [7, 11) is 3.19. The number of hydrogen-bond donors (Lipinski definition) is 1. The minimum atomic E-state index is -0.601. The van der Waals surface area contributed by atoms with Crippen LogP contribution in [-0.2, 0) is 21.9 Å². The molecule has 0 heterocycles. The highest BCUT2D eigenvalue weighted by Gasteiger charge is 2.29. The average molecular weight is 469 g/mol. The number of amides is 2. The molecule has 162 valence electrons. The molecule has 2 amide bonds. The zero-order chi connectivity index (χ0) is 22.1. The molecule has 0 fully saturated rings. The number of nitrogens with zero attached hydrogens (tertiary/aromatic N) is 1. The Labute approximate surface area is 192 Å². The van der Waals surface area contributed by atoms with Gasteiger partial charge in [-0.3, -0.25) is 9.59 Å². The van der Waals surface area contributed by atoms with Crippen molar-refractivity contribution >= 4 is 46.8 Å². The van der Waals surface area contributed by atoms with Gasteiger partial charge in [-0.2, -0.15) is 0 Å². The van der Waals surface area contributed by atoms with Crippen LogP contribution < -0.4 is 10.1 Å². The highest BCUT2D eigenvalue weighted by molar-refractivity contribution is 7.99. The second-order valence-electron chi connectivity index (χ2n) is 6.60.